The molecule has 124 valence electrons. The first-order chi connectivity index (χ1) is 10.8. The number of benzene rings is 1. The normalized spacial score (nSPS) is 11.7. The highest BCUT2D eigenvalue weighted by Crippen LogP contribution is 2.27. The van der Waals surface area contributed by atoms with Gasteiger partial charge in [0.05, 0.1) is 5.75 Å². The third-order valence-corrected chi connectivity index (χ3v) is 4.58. The molecule has 2 aromatic rings. The summed E-state index contributed by atoms with van der Waals surface area (Å²) in [5.41, 5.74) is 1.95. The molecule has 23 heavy (non-hydrogen) atoms. The summed E-state index contributed by atoms with van der Waals surface area (Å²) in [6.45, 7) is 10.9. The van der Waals surface area contributed by atoms with Gasteiger partial charge in [0.2, 0.25) is 0 Å². The lowest BCUT2D eigenvalue weighted by atomic mass is 9.92. The molecule has 0 bridgehead atoms. The fourth-order valence-corrected chi connectivity index (χ4v) is 3.29. The zero-order chi connectivity index (χ0) is 17.0. The summed E-state index contributed by atoms with van der Waals surface area (Å²) in [7, 11) is 0. The van der Waals surface area contributed by atoms with E-state index in [-0.39, 0.29) is 11.2 Å². The molecule has 0 fully saturated rings. The van der Waals surface area contributed by atoms with Crippen LogP contribution in [-0.2, 0) is 11.3 Å². The van der Waals surface area contributed by atoms with Gasteiger partial charge in [-0.15, -0.1) is 10.2 Å². The minimum absolute atomic E-state index is 0.227. The van der Waals surface area contributed by atoms with Crippen LogP contribution in [-0.4, -0.2) is 26.3 Å². The number of hydrogen-bond acceptors (Lipinski definition) is 4. The summed E-state index contributed by atoms with van der Waals surface area (Å²) in [5, 5.41) is 9.51. The molecule has 1 heterocycles. The number of carbonyl (C=O) groups excluding carboxylic acids is 1. The van der Waals surface area contributed by atoms with Gasteiger partial charge in [-0.1, -0.05) is 63.2 Å². The van der Waals surface area contributed by atoms with Crippen molar-refractivity contribution in [3.05, 3.63) is 29.8 Å². The number of rotatable bonds is 6. The fraction of sp³-hybridized carbons (Fsp3) is 0.500. The first-order valence-electron chi connectivity index (χ1n) is 7.99. The predicted molar refractivity (Wildman–Crippen MR) is 95.7 cm³/mol. The highest BCUT2D eigenvalue weighted by atomic mass is 32.2. The smallest absolute Gasteiger partial charge is 0.191 e. The quantitative estimate of drug-likeness (QED) is 0.737. The lowest BCUT2D eigenvalue weighted by molar-refractivity contribution is -0.123. The first kappa shape index (κ1) is 17.7. The van der Waals surface area contributed by atoms with Crippen molar-refractivity contribution in [2.75, 3.05) is 5.75 Å². The summed E-state index contributed by atoms with van der Waals surface area (Å²) in [6.07, 6.45) is 0.998. The van der Waals surface area contributed by atoms with Crippen LogP contribution >= 0.6 is 11.8 Å². The maximum Gasteiger partial charge on any atom is 0.191 e. The van der Waals surface area contributed by atoms with Crippen LogP contribution in [0, 0.1) is 12.3 Å². The second-order valence-corrected chi connectivity index (χ2v) is 7.73. The third-order valence-electron chi connectivity index (χ3n) is 3.61. The molecule has 0 aliphatic rings. The summed E-state index contributed by atoms with van der Waals surface area (Å²) < 4.78 is 2.12. The number of carbonyl (C=O) groups is 1. The van der Waals surface area contributed by atoms with Crippen LogP contribution in [0.4, 0.5) is 0 Å². The number of ketones is 1. The van der Waals surface area contributed by atoms with Gasteiger partial charge >= 0.3 is 0 Å². The van der Waals surface area contributed by atoms with Gasteiger partial charge in [0.1, 0.15) is 5.78 Å². The van der Waals surface area contributed by atoms with E-state index in [1.54, 1.807) is 0 Å². The number of aryl methyl sites for hydroxylation is 1. The SMILES string of the molecule is CCCn1c(SCC(=O)C(C)(C)C)nnc1-c1cccc(C)c1. The van der Waals surface area contributed by atoms with Crippen molar-refractivity contribution in [3.63, 3.8) is 0 Å². The Bertz CT molecular complexity index is 686. The Morgan fingerprint density at radius 2 is 2.00 bits per heavy atom. The zero-order valence-electron chi connectivity index (χ0n) is 14.6. The minimum Gasteiger partial charge on any atom is -0.302 e. The molecule has 0 amide bonds. The monoisotopic (exact) mass is 331 g/mol. The van der Waals surface area contributed by atoms with Crippen molar-refractivity contribution in [2.45, 2.75) is 52.7 Å². The summed E-state index contributed by atoms with van der Waals surface area (Å²) in [5.74, 6) is 1.53. The van der Waals surface area contributed by atoms with Gasteiger partial charge < -0.3 is 4.57 Å². The van der Waals surface area contributed by atoms with Crippen LogP contribution in [0.3, 0.4) is 0 Å². The number of aromatic nitrogens is 3. The van der Waals surface area contributed by atoms with E-state index in [2.05, 4.69) is 46.8 Å². The maximum absolute atomic E-state index is 12.2. The number of Topliss-reactive ketones (excluding diaryl/α,β-unsaturated/α-hetero) is 1. The van der Waals surface area contributed by atoms with Gasteiger partial charge in [-0.3, -0.25) is 4.79 Å². The van der Waals surface area contributed by atoms with Crippen molar-refractivity contribution >= 4 is 17.5 Å². The fourth-order valence-electron chi connectivity index (χ4n) is 2.16. The highest BCUT2D eigenvalue weighted by molar-refractivity contribution is 7.99. The van der Waals surface area contributed by atoms with E-state index < -0.39 is 0 Å². The molecule has 5 heteroatoms. The van der Waals surface area contributed by atoms with Crippen LogP contribution in [0.5, 0.6) is 0 Å². The van der Waals surface area contributed by atoms with Gasteiger partial charge in [0.15, 0.2) is 11.0 Å². The molecule has 0 saturated carbocycles. The Balaban J connectivity index is 2.26. The van der Waals surface area contributed by atoms with Crippen molar-refractivity contribution in [1.29, 1.82) is 0 Å². The largest absolute Gasteiger partial charge is 0.302 e. The summed E-state index contributed by atoms with van der Waals surface area (Å²) in [6, 6.07) is 8.27. The van der Waals surface area contributed by atoms with E-state index in [0.717, 1.165) is 29.5 Å². The van der Waals surface area contributed by atoms with Crippen LogP contribution < -0.4 is 0 Å². The Labute approximate surface area is 142 Å². The molecule has 0 radical (unpaired) electrons. The van der Waals surface area contributed by atoms with Crippen molar-refractivity contribution in [2.24, 2.45) is 5.41 Å². The Morgan fingerprint density at radius 1 is 1.26 bits per heavy atom. The second kappa shape index (κ2) is 7.30. The lowest BCUT2D eigenvalue weighted by Crippen LogP contribution is -2.22. The topological polar surface area (TPSA) is 47.8 Å². The minimum atomic E-state index is -0.317. The van der Waals surface area contributed by atoms with Gasteiger partial charge in [-0.2, -0.15) is 0 Å². The molecular formula is C18H25N3OS. The number of nitrogens with zero attached hydrogens (tertiary/aromatic N) is 3. The predicted octanol–water partition coefficient (Wildman–Crippen LogP) is 4.37. The second-order valence-electron chi connectivity index (χ2n) is 6.79. The van der Waals surface area contributed by atoms with Crippen molar-refractivity contribution in [3.8, 4) is 11.4 Å². The van der Waals surface area contributed by atoms with Gasteiger partial charge in [-0.05, 0) is 19.4 Å². The first-order valence-corrected chi connectivity index (χ1v) is 8.98. The van der Waals surface area contributed by atoms with E-state index in [4.69, 9.17) is 0 Å². The molecule has 0 atom stereocenters. The maximum atomic E-state index is 12.2. The van der Waals surface area contributed by atoms with Gasteiger partial charge in [-0.25, -0.2) is 0 Å². The number of thioether (sulfide) groups is 1. The van der Waals surface area contributed by atoms with E-state index in [0.29, 0.717) is 5.75 Å². The molecule has 1 aromatic carbocycles. The molecule has 0 unspecified atom stereocenters. The van der Waals surface area contributed by atoms with Crippen molar-refractivity contribution in [1.82, 2.24) is 14.8 Å². The molecule has 0 saturated heterocycles. The van der Waals surface area contributed by atoms with E-state index >= 15 is 0 Å². The standard InChI is InChI=1S/C18H25N3OS/c1-6-10-21-16(14-9-7-8-13(2)11-14)19-20-17(21)23-12-15(22)18(3,4)5/h7-9,11H,6,10,12H2,1-5H3. The molecule has 0 N–H and O–H groups in total. The molecular weight excluding hydrogens is 306 g/mol. The molecule has 0 spiro atoms. The van der Waals surface area contributed by atoms with Gasteiger partial charge in [0, 0.05) is 17.5 Å². The van der Waals surface area contributed by atoms with Crippen LogP contribution in [0.1, 0.15) is 39.7 Å². The summed E-state index contributed by atoms with van der Waals surface area (Å²) >= 11 is 1.48. The van der Waals surface area contributed by atoms with Gasteiger partial charge in [0.25, 0.3) is 0 Å². The van der Waals surface area contributed by atoms with E-state index in [1.165, 1.54) is 17.3 Å². The average molecular weight is 331 g/mol. The third kappa shape index (κ3) is 4.44. The van der Waals surface area contributed by atoms with E-state index in [9.17, 15) is 4.79 Å². The van der Waals surface area contributed by atoms with Crippen LogP contribution in [0.25, 0.3) is 11.4 Å². The summed E-state index contributed by atoms with van der Waals surface area (Å²) in [4.78, 5) is 12.2. The molecule has 1 aromatic heterocycles. The zero-order valence-corrected chi connectivity index (χ0v) is 15.4. The molecule has 0 aliphatic heterocycles. The van der Waals surface area contributed by atoms with Crippen LogP contribution in [0.15, 0.2) is 29.4 Å². The molecule has 4 nitrogen and oxygen atoms in total. The Hall–Kier alpha value is -1.62. The Kier molecular flexibility index (Phi) is 5.63. The average Bonchev–Trinajstić information content (AvgIpc) is 2.87. The number of hydrogen-bond donors (Lipinski definition) is 0. The highest BCUT2D eigenvalue weighted by Gasteiger charge is 2.22. The van der Waals surface area contributed by atoms with Crippen LogP contribution in [0.2, 0.25) is 0 Å². The molecule has 0 aliphatic carbocycles. The Morgan fingerprint density at radius 3 is 2.61 bits per heavy atom. The molecule has 2 rings (SSSR count). The van der Waals surface area contributed by atoms with Crippen molar-refractivity contribution < 1.29 is 4.79 Å². The van der Waals surface area contributed by atoms with E-state index in [1.807, 2.05) is 26.8 Å². The lowest BCUT2D eigenvalue weighted by Gasteiger charge is -2.16.